The van der Waals surface area contributed by atoms with E-state index in [2.05, 4.69) is 15.1 Å². The van der Waals surface area contributed by atoms with E-state index in [-0.39, 0.29) is 18.8 Å². The van der Waals surface area contributed by atoms with Crippen LogP contribution >= 0.6 is 0 Å². The van der Waals surface area contributed by atoms with Crippen LogP contribution in [0.4, 0.5) is 0 Å². The summed E-state index contributed by atoms with van der Waals surface area (Å²) in [4.78, 5) is 19.4. The quantitative estimate of drug-likeness (QED) is 0.751. The number of carbonyl (C=O) groups excluding carboxylic acids is 1. The maximum atomic E-state index is 11.3. The zero-order valence-corrected chi connectivity index (χ0v) is 10.00. The zero-order chi connectivity index (χ0) is 12.8. The van der Waals surface area contributed by atoms with Crippen molar-refractivity contribution < 1.29 is 14.1 Å². The molecule has 0 saturated carbocycles. The van der Waals surface area contributed by atoms with E-state index in [1.54, 1.807) is 12.4 Å². The normalized spacial score (nSPS) is 10.5. The smallest absolute Gasteiger partial charge is 0.234 e. The van der Waals surface area contributed by atoms with E-state index in [0.717, 1.165) is 5.56 Å². The molecule has 0 aliphatic heterocycles. The first-order chi connectivity index (χ1) is 8.78. The van der Waals surface area contributed by atoms with Gasteiger partial charge in [-0.25, -0.2) is 0 Å². The maximum Gasteiger partial charge on any atom is 0.234 e. The molecule has 0 radical (unpaired) electrons. The molecule has 0 fully saturated rings. The highest BCUT2D eigenvalue weighted by molar-refractivity contribution is 5.81. The third-order valence-corrected chi connectivity index (χ3v) is 2.28. The summed E-state index contributed by atoms with van der Waals surface area (Å²) in [5.74, 6) is 0.791. The fourth-order valence-corrected chi connectivity index (χ4v) is 1.50. The maximum absolute atomic E-state index is 11.3. The van der Waals surface area contributed by atoms with E-state index < -0.39 is 0 Å². The Bertz CT molecular complexity index is 510. The van der Waals surface area contributed by atoms with Crippen molar-refractivity contribution in [2.45, 2.75) is 12.8 Å². The minimum Gasteiger partial charge on any atom is -0.377 e. The number of ether oxygens (including phenoxy) is 1. The molecule has 0 N–H and O–H groups in total. The molecule has 2 rings (SSSR count). The molecule has 0 aliphatic rings. The Morgan fingerprint density at radius 3 is 2.89 bits per heavy atom. The number of ketones is 1. The van der Waals surface area contributed by atoms with Crippen molar-refractivity contribution in [2.24, 2.45) is 0 Å². The van der Waals surface area contributed by atoms with Crippen LogP contribution in [0.1, 0.15) is 17.3 Å². The molecule has 0 unspecified atom stereocenters. The number of Topliss-reactive ketones (excluding diaryl/α,β-unsaturated/α-hetero) is 1. The van der Waals surface area contributed by atoms with E-state index in [0.29, 0.717) is 18.1 Å². The Balaban J connectivity index is 1.96. The molecule has 94 valence electrons. The Morgan fingerprint density at radius 1 is 1.39 bits per heavy atom. The standard InChI is InChI=1S/C12H13N3O3/c1-17-8-10(16)7-12-14-11(15-18-12)6-9-2-4-13-5-3-9/h2-5H,6-8H2,1H3. The van der Waals surface area contributed by atoms with Crippen molar-refractivity contribution in [2.75, 3.05) is 13.7 Å². The lowest BCUT2D eigenvalue weighted by atomic mass is 10.2. The number of rotatable bonds is 6. The third kappa shape index (κ3) is 3.46. The molecule has 0 aromatic carbocycles. The minimum atomic E-state index is -0.0865. The Hall–Kier alpha value is -2.08. The highest BCUT2D eigenvalue weighted by Crippen LogP contribution is 2.06. The van der Waals surface area contributed by atoms with Gasteiger partial charge in [0.25, 0.3) is 0 Å². The summed E-state index contributed by atoms with van der Waals surface area (Å²) in [6, 6.07) is 3.76. The van der Waals surface area contributed by atoms with Crippen molar-refractivity contribution in [3.05, 3.63) is 41.8 Å². The van der Waals surface area contributed by atoms with Crippen molar-refractivity contribution in [3.8, 4) is 0 Å². The van der Waals surface area contributed by atoms with Gasteiger partial charge in [0.2, 0.25) is 5.89 Å². The lowest BCUT2D eigenvalue weighted by molar-refractivity contribution is -0.122. The van der Waals surface area contributed by atoms with E-state index in [4.69, 9.17) is 9.26 Å². The number of carbonyl (C=O) groups is 1. The van der Waals surface area contributed by atoms with Gasteiger partial charge in [-0.1, -0.05) is 5.16 Å². The first-order valence-electron chi connectivity index (χ1n) is 5.49. The fourth-order valence-electron chi connectivity index (χ4n) is 1.50. The number of methoxy groups -OCH3 is 1. The molecule has 18 heavy (non-hydrogen) atoms. The number of aromatic nitrogens is 3. The van der Waals surface area contributed by atoms with Crippen LogP contribution in [0.2, 0.25) is 0 Å². The second-order valence-electron chi connectivity index (χ2n) is 3.79. The Labute approximate surface area is 104 Å². The number of hydrogen-bond donors (Lipinski definition) is 0. The summed E-state index contributed by atoms with van der Waals surface area (Å²) in [6.07, 6.45) is 4.08. The summed E-state index contributed by atoms with van der Waals surface area (Å²) in [5.41, 5.74) is 1.04. The van der Waals surface area contributed by atoms with Gasteiger partial charge in [-0.2, -0.15) is 4.98 Å². The summed E-state index contributed by atoms with van der Waals surface area (Å²) >= 11 is 0. The van der Waals surface area contributed by atoms with Crippen LogP contribution in [0, 0.1) is 0 Å². The molecule has 2 aromatic heterocycles. The Morgan fingerprint density at radius 2 is 2.17 bits per heavy atom. The molecule has 0 amide bonds. The number of pyridine rings is 1. The number of hydrogen-bond acceptors (Lipinski definition) is 6. The molecule has 0 bridgehead atoms. The van der Waals surface area contributed by atoms with Crippen molar-refractivity contribution in [3.63, 3.8) is 0 Å². The average Bonchev–Trinajstić information content (AvgIpc) is 2.78. The molecule has 2 heterocycles. The first-order valence-corrected chi connectivity index (χ1v) is 5.49. The second kappa shape index (κ2) is 6.02. The van der Waals surface area contributed by atoms with E-state index in [1.165, 1.54) is 7.11 Å². The summed E-state index contributed by atoms with van der Waals surface area (Å²) < 4.78 is 9.73. The second-order valence-corrected chi connectivity index (χ2v) is 3.79. The molecule has 0 aliphatic carbocycles. The van der Waals surface area contributed by atoms with Crippen molar-refractivity contribution >= 4 is 5.78 Å². The van der Waals surface area contributed by atoms with Crippen LogP contribution in [-0.2, 0) is 22.4 Å². The van der Waals surface area contributed by atoms with E-state index >= 15 is 0 Å². The van der Waals surface area contributed by atoms with Gasteiger partial charge in [0.1, 0.15) is 6.61 Å². The van der Waals surface area contributed by atoms with Gasteiger partial charge in [-0.3, -0.25) is 9.78 Å². The first kappa shape index (κ1) is 12.4. The van der Waals surface area contributed by atoms with Gasteiger partial charge >= 0.3 is 0 Å². The third-order valence-electron chi connectivity index (χ3n) is 2.28. The van der Waals surface area contributed by atoms with Crippen molar-refractivity contribution in [1.82, 2.24) is 15.1 Å². The van der Waals surface area contributed by atoms with Gasteiger partial charge in [0.15, 0.2) is 11.6 Å². The van der Waals surface area contributed by atoms with Crippen LogP contribution in [0.3, 0.4) is 0 Å². The van der Waals surface area contributed by atoms with Crippen LogP contribution in [0.5, 0.6) is 0 Å². The van der Waals surface area contributed by atoms with Crippen molar-refractivity contribution in [1.29, 1.82) is 0 Å². The average molecular weight is 247 g/mol. The van der Waals surface area contributed by atoms with Gasteiger partial charge < -0.3 is 9.26 Å². The van der Waals surface area contributed by atoms with Crippen LogP contribution in [-0.4, -0.2) is 34.6 Å². The number of nitrogens with zero attached hydrogens (tertiary/aromatic N) is 3. The molecule has 0 spiro atoms. The zero-order valence-electron chi connectivity index (χ0n) is 10.00. The molecule has 0 saturated heterocycles. The molecular formula is C12H13N3O3. The summed E-state index contributed by atoms with van der Waals surface area (Å²) in [6.45, 7) is 0.0576. The topological polar surface area (TPSA) is 78.1 Å². The van der Waals surface area contributed by atoms with Gasteiger partial charge in [-0.15, -0.1) is 0 Å². The summed E-state index contributed by atoms with van der Waals surface area (Å²) in [5, 5.41) is 3.83. The monoisotopic (exact) mass is 247 g/mol. The predicted octanol–water partition coefficient (Wildman–Crippen LogP) is 0.813. The van der Waals surface area contributed by atoms with Gasteiger partial charge in [0, 0.05) is 25.9 Å². The van der Waals surface area contributed by atoms with Crippen LogP contribution < -0.4 is 0 Å². The predicted molar refractivity (Wildman–Crippen MR) is 61.9 cm³/mol. The molecule has 0 atom stereocenters. The molecular weight excluding hydrogens is 234 g/mol. The van der Waals surface area contributed by atoms with E-state index in [1.807, 2.05) is 12.1 Å². The lowest BCUT2D eigenvalue weighted by Gasteiger charge is -1.94. The van der Waals surface area contributed by atoms with Crippen LogP contribution in [0.25, 0.3) is 0 Å². The molecule has 6 heteroatoms. The molecule has 6 nitrogen and oxygen atoms in total. The SMILES string of the molecule is COCC(=O)Cc1nc(Cc2ccncc2)no1. The Kier molecular flexibility index (Phi) is 4.14. The highest BCUT2D eigenvalue weighted by Gasteiger charge is 2.11. The van der Waals surface area contributed by atoms with Gasteiger partial charge in [0.05, 0.1) is 6.42 Å². The van der Waals surface area contributed by atoms with E-state index in [9.17, 15) is 4.79 Å². The van der Waals surface area contributed by atoms with Crippen LogP contribution in [0.15, 0.2) is 29.0 Å². The largest absolute Gasteiger partial charge is 0.377 e. The highest BCUT2D eigenvalue weighted by atomic mass is 16.5. The van der Waals surface area contributed by atoms with Gasteiger partial charge in [-0.05, 0) is 17.7 Å². The fraction of sp³-hybridized carbons (Fsp3) is 0.333. The summed E-state index contributed by atoms with van der Waals surface area (Å²) in [7, 11) is 1.47. The minimum absolute atomic E-state index is 0.0576. The molecule has 2 aromatic rings. The lowest BCUT2D eigenvalue weighted by Crippen LogP contribution is -2.09.